The monoisotopic (exact) mass is 258 g/mol. The Labute approximate surface area is 110 Å². The minimum atomic E-state index is -0.862. The fourth-order valence-electron chi connectivity index (χ4n) is 2.21. The molecular formula is C13H14N4O2. The van der Waals surface area contributed by atoms with E-state index in [9.17, 15) is 4.79 Å². The number of piperazine rings is 1. The molecule has 98 valence electrons. The van der Waals surface area contributed by atoms with Gasteiger partial charge in [-0.05, 0) is 6.07 Å². The quantitative estimate of drug-likeness (QED) is 0.838. The van der Waals surface area contributed by atoms with Crippen LogP contribution in [-0.4, -0.2) is 52.2 Å². The van der Waals surface area contributed by atoms with Gasteiger partial charge in [0, 0.05) is 37.8 Å². The zero-order valence-electron chi connectivity index (χ0n) is 10.4. The molecule has 0 atom stereocenters. The van der Waals surface area contributed by atoms with Crippen LogP contribution in [0.15, 0.2) is 30.5 Å². The van der Waals surface area contributed by atoms with E-state index >= 15 is 0 Å². The summed E-state index contributed by atoms with van der Waals surface area (Å²) in [6.45, 7) is 2.24. The van der Waals surface area contributed by atoms with Crippen molar-refractivity contribution >= 4 is 22.9 Å². The van der Waals surface area contributed by atoms with Crippen molar-refractivity contribution in [1.82, 2.24) is 14.9 Å². The van der Waals surface area contributed by atoms with Gasteiger partial charge in [-0.15, -0.1) is 0 Å². The molecule has 1 aromatic carbocycles. The Kier molecular flexibility index (Phi) is 2.91. The first-order valence-corrected chi connectivity index (χ1v) is 6.18. The van der Waals surface area contributed by atoms with Crippen LogP contribution >= 0.6 is 0 Å². The van der Waals surface area contributed by atoms with Crippen LogP contribution in [0, 0.1) is 0 Å². The summed E-state index contributed by atoms with van der Waals surface area (Å²) in [4.78, 5) is 23.1. The predicted octanol–water partition coefficient (Wildman–Crippen LogP) is 1.43. The third kappa shape index (κ3) is 2.29. The SMILES string of the molecule is O=C(O)N1CCN(c2ncc3ccccc3n2)CC1. The number of hydrogen-bond acceptors (Lipinski definition) is 4. The second-order valence-corrected chi connectivity index (χ2v) is 4.49. The van der Waals surface area contributed by atoms with Gasteiger partial charge in [-0.1, -0.05) is 18.2 Å². The minimum Gasteiger partial charge on any atom is -0.465 e. The van der Waals surface area contributed by atoms with E-state index in [1.807, 2.05) is 29.2 Å². The molecule has 6 nitrogen and oxygen atoms in total. The number of carboxylic acid groups (broad SMARTS) is 1. The van der Waals surface area contributed by atoms with Crippen molar-refractivity contribution in [3.63, 3.8) is 0 Å². The van der Waals surface area contributed by atoms with Crippen LogP contribution in [0.3, 0.4) is 0 Å². The summed E-state index contributed by atoms with van der Waals surface area (Å²) >= 11 is 0. The van der Waals surface area contributed by atoms with Gasteiger partial charge in [0.05, 0.1) is 5.52 Å². The molecule has 6 heteroatoms. The average molecular weight is 258 g/mol. The molecule has 2 heterocycles. The highest BCUT2D eigenvalue weighted by molar-refractivity contribution is 5.78. The Morgan fingerprint density at radius 3 is 2.63 bits per heavy atom. The summed E-state index contributed by atoms with van der Waals surface area (Å²) in [5.41, 5.74) is 0.910. The van der Waals surface area contributed by atoms with E-state index in [2.05, 4.69) is 9.97 Å². The standard InChI is InChI=1S/C13H14N4O2/c18-13(19)17-7-5-16(6-8-17)12-14-9-10-3-1-2-4-11(10)15-12/h1-4,9H,5-8H2,(H,18,19). The van der Waals surface area contributed by atoms with Crippen LogP contribution in [0.5, 0.6) is 0 Å². The molecule has 0 spiro atoms. The van der Waals surface area contributed by atoms with Crippen LogP contribution in [0.1, 0.15) is 0 Å². The van der Waals surface area contributed by atoms with Crippen molar-refractivity contribution in [3.05, 3.63) is 30.5 Å². The maximum Gasteiger partial charge on any atom is 0.407 e. The van der Waals surface area contributed by atoms with Gasteiger partial charge >= 0.3 is 6.09 Å². The third-order valence-electron chi connectivity index (χ3n) is 3.31. The second kappa shape index (κ2) is 4.72. The summed E-state index contributed by atoms with van der Waals surface area (Å²) in [5.74, 6) is 0.670. The van der Waals surface area contributed by atoms with Crippen molar-refractivity contribution in [3.8, 4) is 0 Å². The zero-order valence-corrected chi connectivity index (χ0v) is 10.4. The van der Waals surface area contributed by atoms with Gasteiger partial charge in [0.2, 0.25) is 5.95 Å². The molecule has 1 aromatic heterocycles. The number of para-hydroxylation sites is 1. The Bertz CT molecular complexity index is 608. The van der Waals surface area contributed by atoms with Crippen molar-refractivity contribution in [2.24, 2.45) is 0 Å². The van der Waals surface area contributed by atoms with E-state index in [1.165, 1.54) is 4.90 Å². The van der Waals surface area contributed by atoms with Gasteiger partial charge in [0.15, 0.2) is 0 Å². The van der Waals surface area contributed by atoms with Gasteiger partial charge in [-0.2, -0.15) is 0 Å². The third-order valence-corrected chi connectivity index (χ3v) is 3.31. The minimum absolute atomic E-state index is 0.492. The number of fused-ring (bicyclic) bond motifs is 1. The number of carbonyl (C=O) groups is 1. The molecule has 2 aromatic rings. The first kappa shape index (κ1) is 11.7. The number of benzene rings is 1. The highest BCUT2D eigenvalue weighted by Gasteiger charge is 2.21. The van der Waals surface area contributed by atoms with Crippen LogP contribution in [0.4, 0.5) is 10.7 Å². The van der Waals surface area contributed by atoms with Crippen molar-refractivity contribution in [2.45, 2.75) is 0 Å². The molecule has 0 bridgehead atoms. The lowest BCUT2D eigenvalue weighted by Crippen LogP contribution is -2.48. The van der Waals surface area contributed by atoms with Gasteiger partial charge in [0.25, 0.3) is 0 Å². The highest BCUT2D eigenvalue weighted by atomic mass is 16.4. The van der Waals surface area contributed by atoms with Crippen LogP contribution < -0.4 is 4.90 Å². The molecule has 1 saturated heterocycles. The number of aromatic nitrogens is 2. The van der Waals surface area contributed by atoms with E-state index in [4.69, 9.17) is 5.11 Å². The first-order valence-electron chi connectivity index (χ1n) is 6.18. The molecular weight excluding hydrogens is 244 g/mol. The molecule has 1 fully saturated rings. The van der Waals surface area contributed by atoms with Crippen LogP contribution in [-0.2, 0) is 0 Å². The maximum atomic E-state index is 10.8. The van der Waals surface area contributed by atoms with Gasteiger partial charge in [-0.3, -0.25) is 0 Å². The smallest absolute Gasteiger partial charge is 0.407 e. The number of rotatable bonds is 1. The summed E-state index contributed by atoms with van der Waals surface area (Å²) < 4.78 is 0. The summed E-state index contributed by atoms with van der Waals surface area (Å²) in [6, 6.07) is 7.83. The Morgan fingerprint density at radius 2 is 1.89 bits per heavy atom. The van der Waals surface area contributed by atoms with E-state index in [0.717, 1.165) is 10.9 Å². The number of hydrogen-bond donors (Lipinski definition) is 1. The molecule has 0 aliphatic carbocycles. The van der Waals surface area contributed by atoms with Crippen LogP contribution in [0.2, 0.25) is 0 Å². The Morgan fingerprint density at radius 1 is 1.16 bits per heavy atom. The zero-order chi connectivity index (χ0) is 13.2. The van der Waals surface area contributed by atoms with E-state index < -0.39 is 6.09 Å². The predicted molar refractivity (Wildman–Crippen MR) is 71.3 cm³/mol. The number of anilines is 1. The van der Waals surface area contributed by atoms with Gasteiger partial charge < -0.3 is 14.9 Å². The molecule has 1 aliphatic rings. The fraction of sp³-hybridized carbons (Fsp3) is 0.308. The lowest BCUT2D eigenvalue weighted by Gasteiger charge is -2.33. The number of amides is 1. The second-order valence-electron chi connectivity index (χ2n) is 4.49. The van der Waals surface area contributed by atoms with Crippen LogP contribution in [0.25, 0.3) is 10.9 Å². The van der Waals surface area contributed by atoms with Gasteiger partial charge in [-0.25, -0.2) is 14.8 Å². The fourth-order valence-corrected chi connectivity index (χ4v) is 2.21. The molecule has 1 N–H and O–H groups in total. The van der Waals surface area contributed by atoms with Crippen molar-refractivity contribution < 1.29 is 9.90 Å². The topological polar surface area (TPSA) is 69.6 Å². The summed E-state index contributed by atoms with van der Waals surface area (Å²) in [7, 11) is 0. The molecule has 3 rings (SSSR count). The molecule has 0 unspecified atom stereocenters. The molecule has 1 aliphatic heterocycles. The lowest BCUT2D eigenvalue weighted by atomic mass is 10.2. The summed E-state index contributed by atoms with van der Waals surface area (Å²) in [5, 5.41) is 9.92. The number of nitrogens with zero attached hydrogens (tertiary/aromatic N) is 4. The molecule has 0 radical (unpaired) electrons. The van der Waals surface area contributed by atoms with Gasteiger partial charge in [0.1, 0.15) is 0 Å². The van der Waals surface area contributed by atoms with E-state index in [1.54, 1.807) is 6.20 Å². The average Bonchev–Trinajstić information content (AvgIpc) is 2.47. The molecule has 1 amide bonds. The largest absolute Gasteiger partial charge is 0.465 e. The molecule has 19 heavy (non-hydrogen) atoms. The maximum absolute atomic E-state index is 10.8. The highest BCUT2D eigenvalue weighted by Crippen LogP contribution is 2.16. The van der Waals surface area contributed by atoms with Crippen molar-refractivity contribution in [1.29, 1.82) is 0 Å². The first-order chi connectivity index (χ1) is 9.24. The van der Waals surface area contributed by atoms with E-state index in [-0.39, 0.29) is 0 Å². The van der Waals surface area contributed by atoms with Crippen molar-refractivity contribution in [2.75, 3.05) is 31.1 Å². The molecule has 0 saturated carbocycles. The summed E-state index contributed by atoms with van der Waals surface area (Å²) in [6.07, 6.45) is 0.945. The Balaban J connectivity index is 1.80. The van der Waals surface area contributed by atoms with E-state index in [0.29, 0.717) is 32.1 Å². The normalized spacial score (nSPS) is 15.8. The Hall–Kier alpha value is -2.37. The lowest BCUT2D eigenvalue weighted by molar-refractivity contribution is 0.142.